The first-order valence-electron chi connectivity index (χ1n) is 13.7. The van der Waals surface area contributed by atoms with Crippen molar-refractivity contribution >= 4 is 24.0 Å². The van der Waals surface area contributed by atoms with Crippen molar-refractivity contribution in [2.75, 3.05) is 12.4 Å². The van der Waals surface area contributed by atoms with Gasteiger partial charge in [0.15, 0.2) is 11.6 Å². The molecule has 1 N–H and O–H groups in total. The van der Waals surface area contributed by atoms with Crippen LogP contribution in [0, 0.1) is 0 Å². The average Bonchev–Trinajstić information content (AvgIpc) is 3.51. The maximum atomic E-state index is 13.2. The minimum absolute atomic E-state index is 0.0299. The predicted octanol–water partition coefficient (Wildman–Crippen LogP) is 5.40. The van der Waals surface area contributed by atoms with E-state index in [9.17, 15) is 9.59 Å². The lowest BCUT2D eigenvalue weighted by atomic mass is 9.90. The Balaban J connectivity index is 1.24. The average molecular weight is 548 g/mol. The zero-order valence-electron chi connectivity index (χ0n) is 23.9. The number of anilines is 1. The maximum Gasteiger partial charge on any atom is 0.410 e. The van der Waals surface area contributed by atoms with Gasteiger partial charge in [0.2, 0.25) is 5.88 Å². The minimum atomic E-state index is -0.587. The summed E-state index contributed by atoms with van der Waals surface area (Å²) in [6.45, 7) is 10.5. The van der Waals surface area contributed by atoms with Gasteiger partial charge in [-0.1, -0.05) is 6.92 Å². The molecule has 212 valence electrons. The smallest absolute Gasteiger partial charge is 0.410 e. The van der Waals surface area contributed by atoms with Crippen LogP contribution in [0.3, 0.4) is 0 Å². The number of carbonyl (C=O) groups is 2. The van der Waals surface area contributed by atoms with Gasteiger partial charge in [-0.25, -0.2) is 14.6 Å². The van der Waals surface area contributed by atoms with E-state index in [0.717, 1.165) is 17.8 Å². The third-order valence-electron chi connectivity index (χ3n) is 6.97. The van der Waals surface area contributed by atoms with Gasteiger partial charge in [0.1, 0.15) is 11.7 Å². The molecule has 1 fully saturated rings. The van der Waals surface area contributed by atoms with Gasteiger partial charge in [-0.05, 0) is 64.3 Å². The Morgan fingerprint density at radius 1 is 1.23 bits per heavy atom. The van der Waals surface area contributed by atoms with Crippen LogP contribution in [-0.4, -0.2) is 60.1 Å². The fraction of sp³-hybridized carbons (Fsp3) is 0.483. The molecule has 3 heterocycles. The Morgan fingerprint density at radius 3 is 2.70 bits per heavy atom. The molecule has 2 aliphatic carbocycles. The van der Waals surface area contributed by atoms with Gasteiger partial charge in [-0.2, -0.15) is 10.1 Å². The van der Waals surface area contributed by atoms with Crippen LogP contribution in [-0.2, 0) is 17.8 Å². The molecule has 2 atom stereocenters. The van der Waals surface area contributed by atoms with E-state index in [1.54, 1.807) is 30.1 Å². The molecule has 11 heteroatoms. The van der Waals surface area contributed by atoms with Crippen LogP contribution >= 0.6 is 0 Å². The highest BCUT2D eigenvalue weighted by Crippen LogP contribution is 2.41. The quantitative estimate of drug-likeness (QED) is 0.421. The predicted molar refractivity (Wildman–Crippen MR) is 150 cm³/mol. The SMILES string of the molecule is CCn1nc(NC(=O)n2ccc3c2C=CC(Oc2ccnc(CN(C)C(=O)OC(C)(C)C)n2)C3C)cc1C1CC1. The Hall–Kier alpha value is -4.15. The second-order valence-corrected chi connectivity index (χ2v) is 11.4. The van der Waals surface area contributed by atoms with Gasteiger partial charge in [0, 0.05) is 55.6 Å². The van der Waals surface area contributed by atoms with Crippen molar-refractivity contribution in [1.29, 1.82) is 0 Å². The molecule has 0 aromatic carbocycles. The van der Waals surface area contributed by atoms with Crippen LogP contribution in [0.2, 0.25) is 0 Å². The Bertz CT molecular complexity index is 1430. The van der Waals surface area contributed by atoms with E-state index in [-0.39, 0.29) is 24.6 Å². The number of aryl methyl sites for hydroxylation is 1. The van der Waals surface area contributed by atoms with Crippen molar-refractivity contribution in [2.45, 2.75) is 84.1 Å². The number of fused-ring (bicyclic) bond motifs is 1. The van der Waals surface area contributed by atoms with E-state index in [1.165, 1.54) is 23.4 Å². The highest BCUT2D eigenvalue weighted by molar-refractivity contribution is 5.92. The van der Waals surface area contributed by atoms with Crippen molar-refractivity contribution < 1.29 is 19.1 Å². The standard InChI is InChI=1S/C29H37N7O4/c1-7-36-22(19-8-9-19)16-24(33-36)32-27(37)35-15-13-20-18(2)23(11-10-21(20)35)39-26-12-14-30-25(31-26)17-34(6)28(38)40-29(3,4)5/h10-16,18-19,23H,7-9,17H2,1-6H3,(H,32,33,37). The molecule has 1 saturated carbocycles. The van der Waals surface area contributed by atoms with Gasteiger partial charge in [-0.3, -0.25) is 14.6 Å². The molecule has 2 aliphatic rings. The molecule has 2 unspecified atom stereocenters. The van der Waals surface area contributed by atoms with E-state index < -0.39 is 11.7 Å². The molecule has 0 aliphatic heterocycles. The molecule has 3 aromatic rings. The largest absolute Gasteiger partial charge is 0.469 e. The lowest BCUT2D eigenvalue weighted by Gasteiger charge is -2.26. The summed E-state index contributed by atoms with van der Waals surface area (Å²) >= 11 is 0. The summed E-state index contributed by atoms with van der Waals surface area (Å²) in [6, 6.07) is 5.37. The minimum Gasteiger partial charge on any atom is -0.469 e. The van der Waals surface area contributed by atoms with Gasteiger partial charge >= 0.3 is 12.1 Å². The molecule has 2 amide bonds. The van der Waals surface area contributed by atoms with Crippen molar-refractivity contribution in [3.05, 3.63) is 59.4 Å². The number of amides is 2. The maximum absolute atomic E-state index is 13.2. The molecule has 0 bridgehead atoms. The molecular weight excluding hydrogens is 510 g/mol. The summed E-state index contributed by atoms with van der Waals surface area (Å²) in [5.41, 5.74) is 2.41. The lowest BCUT2D eigenvalue weighted by molar-refractivity contribution is 0.0280. The fourth-order valence-electron chi connectivity index (χ4n) is 4.77. The lowest BCUT2D eigenvalue weighted by Crippen LogP contribution is -2.34. The summed E-state index contributed by atoms with van der Waals surface area (Å²) in [5.74, 6) is 1.94. The third kappa shape index (κ3) is 6.03. The fourth-order valence-corrected chi connectivity index (χ4v) is 4.77. The molecular formula is C29H37N7O4. The van der Waals surface area contributed by atoms with Crippen molar-refractivity contribution in [3.63, 3.8) is 0 Å². The normalized spacial score (nSPS) is 18.2. The topological polar surface area (TPSA) is 116 Å². The van der Waals surface area contributed by atoms with Crippen LogP contribution < -0.4 is 10.1 Å². The van der Waals surface area contributed by atoms with E-state index in [1.807, 2.05) is 49.7 Å². The van der Waals surface area contributed by atoms with E-state index in [4.69, 9.17) is 9.47 Å². The van der Waals surface area contributed by atoms with Crippen LogP contribution in [0.15, 0.2) is 36.7 Å². The molecule has 5 rings (SSSR count). The number of rotatable bonds is 7. The molecule has 0 radical (unpaired) electrons. The van der Waals surface area contributed by atoms with Crippen molar-refractivity contribution in [1.82, 2.24) is 29.2 Å². The summed E-state index contributed by atoms with van der Waals surface area (Å²) in [4.78, 5) is 35.7. The Labute approximate surface area is 234 Å². The Morgan fingerprint density at radius 2 is 2.00 bits per heavy atom. The molecule has 40 heavy (non-hydrogen) atoms. The molecule has 0 spiro atoms. The zero-order chi connectivity index (χ0) is 28.6. The Kier molecular flexibility index (Phi) is 7.39. The van der Waals surface area contributed by atoms with Crippen LogP contribution in [0.5, 0.6) is 5.88 Å². The second kappa shape index (κ2) is 10.8. The summed E-state index contributed by atoms with van der Waals surface area (Å²) in [7, 11) is 1.64. The highest BCUT2D eigenvalue weighted by Gasteiger charge is 2.30. The first-order chi connectivity index (χ1) is 19.0. The molecule has 0 saturated heterocycles. The first kappa shape index (κ1) is 27.4. The van der Waals surface area contributed by atoms with Crippen molar-refractivity contribution in [2.24, 2.45) is 0 Å². The van der Waals surface area contributed by atoms with Crippen LogP contribution in [0.25, 0.3) is 6.08 Å². The highest BCUT2D eigenvalue weighted by atomic mass is 16.6. The summed E-state index contributed by atoms with van der Waals surface area (Å²) < 4.78 is 15.2. The van der Waals surface area contributed by atoms with Crippen LogP contribution in [0.1, 0.15) is 82.1 Å². The molecule has 11 nitrogen and oxygen atoms in total. The number of nitrogens with zero attached hydrogens (tertiary/aromatic N) is 6. The summed E-state index contributed by atoms with van der Waals surface area (Å²) in [6.07, 6.45) is 8.83. The first-order valence-corrected chi connectivity index (χ1v) is 13.7. The number of hydrogen-bond donors (Lipinski definition) is 1. The van der Waals surface area contributed by atoms with Gasteiger partial charge in [0.05, 0.1) is 12.2 Å². The van der Waals surface area contributed by atoms with Crippen LogP contribution in [0.4, 0.5) is 15.4 Å². The number of aromatic nitrogens is 5. The number of carbonyl (C=O) groups excluding carboxylic acids is 2. The van der Waals surface area contributed by atoms with Gasteiger partial charge in [0.25, 0.3) is 0 Å². The van der Waals surface area contributed by atoms with Gasteiger partial charge in [-0.15, -0.1) is 0 Å². The monoisotopic (exact) mass is 547 g/mol. The van der Waals surface area contributed by atoms with E-state index in [0.29, 0.717) is 23.4 Å². The van der Waals surface area contributed by atoms with E-state index in [2.05, 4.69) is 34.2 Å². The van der Waals surface area contributed by atoms with Gasteiger partial charge < -0.3 is 14.4 Å². The van der Waals surface area contributed by atoms with Crippen molar-refractivity contribution in [3.8, 4) is 5.88 Å². The second-order valence-electron chi connectivity index (χ2n) is 11.4. The zero-order valence-corrected chi connectivity index (χ0v) is 23.9. The third-order valence-corrected chi connectivity index (χ3v) is 6.97. The summed E-state index contributed by atoms with van der Waals surface area (Å²) in [5, 5.41) is 7.52. The number of ether oxygens (including phenoxy) is 2. The van der Waals surface area contributed by atoms with E-state index >= 15 is 0 Å². The molecule has 3 aromatic heterocycles. The number of nitrogens with one attached hydrogen (secondary N) is 1. The number of hydrogen-bond acceptors (Lipinski definition) is 7.